The van der Waals surface area contributed by atoms with Crippen LogP contribution in [0.3, 0.4) is 0 Å². The molecule has 0 spiro atoms. The molecule has 16 heteroatoms. The second-order valence-electron chi connectivity index (χ2n) is 28.2. The Bertz CT molecular complexity index is 5250. The summed E-state index contributed by atoms with van der Waals surface area (Å²) in [5.74, 6) is -0.0768. The van der Waals surface area contributed by atoms with Crippen molar-refractivity contribution in [1.29, 1.82) is 0 Å². The van der Waals surface area contributed by atoms with Crippen molar-refractivity contribution in [1.82, 2.24) is 0 Å². The van der Waals surface area contributed by atoms with Crippen LogP contribution in [0.25, 0.3) is 98.3 Å². The molecule has 0 bridgehead atoms. The van der Waals surface area contributed by atoms with E-state index in [2.05, 4.69) is 19.9 Å². The average molecular weight is 1310 g/mol. The molecule has 4 N–H and O–H groups in total. The van der Waals surface area contributed by atoms with Gasteiger partial charge in [-0.1, -0.05) is 126 Å². The highest BCUT2D eigenvalue weighted by atomic mass is 16.5. The number of ether oxygens (including phenoxy) is 6. The summed E-state index contributed by atoms with van der Waals surface area (Å²) in [4.78, 5) is 75.0. The molecule has 0 amide bonds. The first-order chi connectivity index (χ1) is 46.8. The molecule has 2 atom stereocenters. The minimum Gasteiger partial charge on any atom is -0.507 e. The lowest BCUT2D eigenvalue weighted by molar-refractivity contribution is -0.117. The molecule has 504 valence electrons. The van der Waals surface area contributed by atoms with Gasteiger partial charge in [0.25, 0.3) is 0 Å². The first kappa shape index (κ1) is 65.1. The number of benzene rings is 10. The quantitative estimate of drug-likeness (QED) is 0.0364. The lowest BCUT2D eigenvalue weighted by Gasteiger charge is -2.27. The van der Waals surface area contributed by atoms with Crippen molar-refractivity contribution >= 4 is 110 Å². The minimum absolute atomic E-state index is 0.00430. The lowest BCUT2D eigenvalue weighted by Crippen LogP contribution is -2.17. The molecule has 10 aromatic rings. The zero-order valence-corrected chi connectivity index (χ0v) is 57.2. The van der Waals surface area contributed by atoms with Crippen molar-refractivity contribution in [2.45, 2.75) is 174 Å². The summed E-state index contributed by atoms with van der Waals surface area (Å²) < 4.78 is 35.4. The lowest BCUT2D eigenvalue weighted by atomic mass is 9.79. The van der Waals surface area contributed by atoms with Gasteiger partial charge in [-0.3, -0.25) is 29.0 Å². The molecule has 0 aliphatic heterocycles. The standard InChI is InChI=1S/C44H49NO7.C37H36O8/c1-22-18-26-27(19-24-14-10-6-7-11-15-24)42(48)34-28(46)20-30(50-3)36-37-31(51-4)21-29(47)35-40(37)39(33(26)38(34)36)41(44(52-5)43(35)49)32(22)23(2)45-25-16-12-8-9-13-17-25;1-16-12-19-20(13-18-10-8-6-7-9-11-18)35(41)27-21(39)14-23(43-3)29-30-24(44-4)15-22(40)28-33(30)32(26(19)31(27)29)34(25(16)17(2)38)37(45-5)36(28)42/h18,20-21,24-25,32,48-49H,6-17,19H2,1-5H3;12,14-15,18,25,41-42H,6-11,13H2,1-5H3. The van der Waals surface area contributed by atoms with Gasteiger partial charge in [0.15, 0.2) is 44.7 Å². The normalized spacial score (nSPS) is 18.4. The smallest absolute Gasteiger partial charge is 0.194 e. The Morgan fingerprint density at radius 1 is 0.392 bits per heavy atom. The fourth-order valence-corrected chi connectivity index (χ4v) is 18.6. The first-order valence-corrected chi connectivity index (χ1v) is 34.7. The number of Topliss-reactive ketones (excluding diaryl/α,β-unsaturated/α-hetero) is 1. The number of phenolic OH excluding ortho intramolecular Hbond substituents is 4. The van der Waals surface area contributed by atoms with Gasteiger partial charge in [0.05, 0.1) is 70.1 Å². The van der Waals surface area contributed by atoms with Crippen LogP contribution in [0.2, 0.25) is 0 Å². The van der Waals surface area contributed by atoms with Crippen molar-refractivity contribution in [3.63, 3.8) is 0 Å². The van der Waals surface area contributed by atoms with E-state index in [9.17, 15) is 44.4 Å². The molecule has 5 aliphatic carbocycles. The number of allylic oxidation sites excluding steroid dienone is 2. The van der Waals surface area contributed by atoms with E-state index in [0.29, 0.717) is 123 Å². The fourth-order valence-electron chi connectivity index (χ4n) is 18.6. The summed E-state index contributed by atoms with van der Waals surface area (Å²) in [6, 6.07) is 5.66. The maximum Gasteiger partial charge on any atom is 0.194 e. The number of carbonyl (C=O) groups is 1. The van der Waals surface area contributed by atoms with Gasteiger partial charge in [0.1, 0.15) is 40.3 Å². The number of hydrogen-bond acceptors (Lipinski definition) is 16. The summed E-state index contributed by atoms with van der Waals surface area (Å²) in [7, 11) is 8.87. The van der Waals surface area contributed by atoms with Gasteiger partial charge >= 0.3 is 0 Å². The maximum absolute atomic E-state index is 14.2. The SMILES string of the molecule is COc1c(O)c2c(=O)cc(OC)c3c4c(OC)cc(=O)c5c(O)c(CC6CCCCCC6)c6c(c(c1C(C(C)=NC1CCCCCC1)C(C)=C6)c23)c54.COc1c(O)c2c(=O)cc(OC)c3c4c(OC)cc(=O)c5c(O)c(CC6CCCCCC6)c6c(c(c1C(C(C)=O)C(C)=C6)c23)c54. The van der Waals surface area contributed by atoms with Crippen LogP contribution >= 0.6 is 0 Å². The zero-order chi connectivity index (χ0) is 68.3. The fraction of sp³-hybridized carbons (Fsp3) is 0.432. The predicted molar refractivity (Wildman–Crippen MR) is 387 cm³/mol. The van der Waals surface area contributed by atoms with Crippen LogP contribution in [0.15, 0.2) is 59.6 Å². The number of aromatic hydroxyl groups is 4. The Hall–Kier alpha value is -9.18. The molecule has 97 heavy (non-hydrogen) atoms. The van der Waals surface area contributed by atoms with Gasteiger partial charge in [0, 0.05) is 107 Å². The number of carbonyl (C=O) groups excluding carboxylic acids is 1. The number of ketones is 1. The molecule has 3 saturated carbocycles. The number of rotatable bonds is 13. The van der Waals surface area contributed by atoms with Crippen LogP contribution < -0.4 is 50.1 Å². The molecule has 5 aliphatic rings. The highest BCUT2D eigenvalue weighted by molar-refractivity contribution is 6.41. The number of methoxy groups -OCH3 is 6. The van der Waals surface area contributed by atoms with Crippen LogP contribution in [-0.4, -0.2) is 80.6 Å². The van der Waals surface area contributed by atoms with E-state index < -0.39 is 28.1 Å². The summed E-state index contributed by atoms with van der Waals surface area (Å²) in [6.07, 6.45) is 25.5. The second-order valence-corrected chi connectivity index (χ2v) is 28.2. The average Bonchev–Trinajstić information content (AvgIpc) is 1.66. The van der Waals surface area contributed by atoms with Crippen molar-refractivity contribution in [2.24, 2.45) is 16.8 Å². The van der Waals surface area contributed by atoms with E-state index in [0.717, 1.165) is 105 Å². The molecule has 0 heterocycles. The van der Waals surface area contributed by atoms with Gasteiger partial charge in [-0.15, -0.1) is 0 Å². The highest BCUT2D eigenvalue weighted by Crippen LogP contribution is 2.61. The Labute approximate surface area is 561 Å². The predicted octanol–water partition coefficient (Wildman–Crippen LogP) is 16.5. The van der Waals surface area contributed by atoms with Gasteiger partial charge in [-0.2, -0.15) is 0 Å². The van der Waals surface area contributed by atoms with Crippen molar-refractivity contribution < 1.29 is 53.6 Å². The molecule has 0 aromatic heterocycles. The Morgan fingerprint density at radius 2 is 0.701 bits per heavy atom. The van der Waals surface area contributed by atoms with Gasteiger partial charge < -0.3 is 48.8 Å². The van der Waals surface area contributed by atoms with Crippen molar-refractivity contribution in [3.8, 4) is 57.5 Å². The topological polar surface area (TPSA) is 234 Å². The van der Waals surface area contributed by atoms with E-state index >= 15 is 0 Å². The van der Waals surface area contributed by atoms with Crippen LogP contribution in [0.1, 0.15) is 188 Å². The second kappa shape index (κ2) is 25.4. The summed E-state index contributed by atoms with van der Waals surface area (Å²) in [5, 5.41) is 55.5. The summed E-state index contributed by atoms with van der Waals surface area (Å²) in [5.41, 5.74) is 5.04. The molecule has 3 fully saturated rings. The van der Waals surface area contributed by atoms with Crippen LogP contribution in [-0.2, 0) is 17.6 Å². The number of hydrogen-bond donors (Lipinski definition) is 4. The van der Waals surface area contributed by atoms with Crippen LogP contribution in [0.4, 0.5) is 0 Å². The highest BCUT2D eigenvalue weighted by Gasteiger charge is 2.41. The minimum atomic E-state index is -0.825. The number of phenols is 4. The van der Waals surface area contributed by atoms with E-state index in [1.54, 1.807) is 0 Å². The van der Waals surface area contributed by atoms with Crippen molar-refractivity contribution in [2.75, 3.05) is 42.7 Å². The molecule has 0 saturated heterocycles. The Balaban J connectivity index is 0.000000168. The monoisotopic (exact) mass is 1310 g/mol. The number of fused-ring (bicyclic) bond motifs is 2. The third-order valence-corrected chi connectivity index (χ3v) is 22.7. The van der Waals surface area contributed by atoms with E-state index in [1.165, 1.54) is 112 Å². The number of nitrogens with zero attached hydrogens (tertiary/aromatic N) is 1. The molecule has 16 nitrogen and oxygen atoms in total. The van der Waals surface area contributed by atoms with Gasteiger partial charge in [0.2, 0.25) is 0 Å². The summed E-state index contributed by atoms with van der Waals surface area (Å²) >= 11 is 0. The van der Waals surface area contributed by atoms with Crippen LogP contribution in [0.5, 0.6) is 57.5 Å². The van der Waals surface area contributed by atoms with E-state index in [-0.39, 0.29) is 84.8 Å². The first-order valence-electron chi connectivity index (χ1n) is 34.7. The van der Waals surface area contributed by atoms with Gasteiger partial charge in [-0.05, 0) is 97.9 Å². The third-order valence-electron chi connectivity index (χ3n) is 22.7. The Morgan fingerprint density at radius 3 is 1.03 bits per heavy atom. The molecular formula is C81H85NO15. The molecule has 2 unspecified atom stereocenters. The largest absolute Gasteiger partial charge is 0.507 e. The van der Waals surface area contributed by atoms with E-state index in [4.69, 9.17) is 33.4 Å². The van der Waals surface area contributed by atoms with Crippen molar-refractivity contribution in [3.05, 3.63) is 110 Å². The molecule has 0 radical (unpaired) electrons. The number of aliphatic imine (C=N–C) groups is 1. The maximum atomic E-state index is 14.2. The van der Waals surface area contributed by atoms with Crippen LogP contribution in [0, 0.1) is 11.8 Å². The Kier molecular flexibility index (Phi) is 17.0. The third kappa shape index (κ3) is 10.0. The molecular weight excluding hydrogens is 1230 g/mol. The zero-order valence-electron chi connectivity index (χ0n) is 57.2. The molecule has 15 rings (SSSR count). The van der Waals surface area contributed by atoms with Gasteiger partial charge in [-0.25, -0.2) is 0 Å². The summed E-state index contributed by atoms with van der Waals surface area (Å²) in [6.45, 7) is 7.50. The van der Waals surface area contributed by atoms with E-state index in [1.807, 2.05) is 13.0 Å². The molecule has 10 aromatic carbocycles.